The molecule has 0 bridgehead atoms. The SMILES string of the molecule is CC1(NC(=O)c2cc(F)c(F)cc2C(=O)O)CCOCC1. The second-order valence-corrected chi connectivity index (χ2v) is 5.24. The summed E-state index contributed by atoms with van der Waals surface area (Å²) >= 11 is 0. The van der Waals surface area contributed by atoms with Crippen LogP contribution in [0.25, 0.3) is 0 Å². The Morgan fingerprint density at radius 1 is 1.19 bits per heavy atom. The fraction of sp³-hybridized carbons (Fsp3) is 0.429. The number of carboxylic acid groups (broad SMARTS) is 1. The van der Waals surface area contributed by atoms with E-state index in [9.17, 15) is 18.4 Å². The molecule has 21 heavy (non-hydrogen) atoms. The van der Waals surface area contributed by atoms with Gasteiger partial charge in [0, 0.05) is 18.8 Å². The van der Waals surface area contributed by atoms with Crippen molar-refractivity contribution >= 4 is 11.9 Å². The molecule has 5 nitrogen and oxygen atoms in total. The van der Waals surface area contributed by atoms with E-state index in [1.54, 1.807) is 6.92 Å². The van der Waals surface area contributed by atoms with Gasteiger partial charge in [-0.25, -0.2) is 13.6 Å². The van der Waals surface area contributed by atoms with Gasteiger partial charge in [-0.1, -0.05) is 0 Å². The first-order valence-electron chi connectivity index (χ1n) is 6.45. The number of carbonyl (C=O) groups is 2. The molecule has 114 valence electrons. The Kier molecular flexibility index (Phi) is 4.22. The van der Waals surface area contributed by atoms with E-state index in [0.717, 1.165) is 0 Å². The van der Waals surface area contributed by atoms with Gasteiger partial charge in [-0.3, -0.25) is 4.79 Å². The Hall–Kier alpha value is -2.02. The number of rotatable bonds is 3. The second kappa shape index (κ2) is 5.77. The molecule has 0 atom stereocenters. The number of carboxylic acids is 1. The van der Waals surface area contributed by atoms with Gasteiger partial charge in [0.1, 0.15) is 0 Å². The highest BCUT2D eigenvalue weighted by Gasteiger charge is 2.31. The lowest BCUT2D eigenvalue weighted by Crippen LogP contribution is -2.49. The number of benzene rings is 1. The quantitative estimate of drug-likeness (QED) is 0.894. The number of amides is 1. The standard InChI is InChI=1S/C14H15F2NO4/c1-14(2-4-21-5-3-14)17-12(18)8-6-10(15)11(16)7-9(8)13(19)20/h6-7H,2-5H2,1H3,(H,17,18)(H,19,20). The van der Waals surface area contributed by atoms with Crippen LogP contribution in [0.1, 0.15) is 40.5 Å². The van der Waals surface area contributed by atoms with E-state index in [-0.39, 0.29) is 0 Å². The Balaban J connectivity index is 2.30. The van der Waals surface area contributed by atoms with E-state index in [0.29, 0.717) is 38.2 Å². The summed E-state index contributed by atoms with van der Waals surface area (Å²) in [5.41, 5.74) is -1.52. The molecule has 2 N–H and O–H groups in total. The van der Waals surface area contributed by atoms with Gasteiger partial charge >= 0.3 is 5.97 Å². The zero-order chi connectivity index (χ0) is 15.6. The molecule has 0 spiro atoms. The van der Waals surface area contributed by atoms with Crippen molar-refractivity contribution in [1.29, 1.82) is 0 Å². The van der Waals surface area contributed by atoms with Crippen LogP contribution in [0.5, 0.6) is 0 Å². The Labute approximate surface area is 119 Å². The average molecular weight is 299 g/mol. The molecule has 0 aromatic heterocycles. The lowest BCUT2D eigenvalue weighted by molar-refractivity contribution is 0.0420. The largest absolute Gasteiger partial charge is 0.478 e. The fourth-order valence-corrected chi connectivity index (χ4v) is 2.20. The van der Waals surface area contributed by atoms with Crippen LogP contribution in [-0.2, 0) is 4.74 Å². The van der Waals surface area contributed by atoms with Crippen molar-refractivity contribution in [2.24, 2.45) is 0 Å². The number of carbonyl (C=O) groups excluding carboxylic acids is 1. The topological polar surface area (TPSA) is 75.6 Å². The van der Waals surface area contributed by atoms with Crippen LogP contribution in [0.4, 0.5) is 8.78 Å². The normalized spacial score (nSPS) is 17.3. The maximum atomic E-state index is 13.3. The molecule has 1 fully saturated rings. The summed E-state index contributed by atoms with van der Waals surface area (Å²) in [6.45, 7) is 2.74. The highest BCUT2D eigenvalue weighted by molar-refractivity contribution is 6.05. The van der Waals surface area contributed by atoms with Crippen LogP contribution in [0.3, 0.4) is 0 Å². The monoisotopic (exact) mass is 299 g/mol. The number of ether oxygens (including phenoxy) is 1. The molecule has 1 aliphatic heterocycles. The average Bonchev–Trinajstić information content (AvgIpc) is 2.41. The molecule has 0 unspecified atom stereocenters. The Morgan fingerprint density at radius 2 is 1.71 bits per heavy atom. The summed E-state index contributed by atoms with van der Waals surface area (Å²) in [6, 6.07) is 1.12. The summed E-state index contributed by atoms with van der Waals surface area (Å²) in [5.74, 6) is -4.80. The highest BCUT2D eigenvalue weighted by Crippen LogP contribution is 2.22. The van der Waals surface area contributed by atoms with Gasteiger partial charge in [0.2, 0.25) is 0 Å². The first kappa shape index (κ1) is 15.4. The number of nitrogens with one attached hydrogen (secondary N) is 1. The van der Waals surface area contributed by atoms with Gasteiger partial charge in [0.05, 0.1) is 11.1 Å². The van der Waals surface area contributed by atoms with Gasteiger partial charge in [-0.2, -0.15) is 0 Å². The third-order valence-electron chi connectivity index (χ3n) is 3.55. The van der Waals surface area contributed by atoms with Gasteiger partial charge in [0.25, 0.3) is 5.91 Å². The Morgan fingerprint density at radius 3 is 2.24 bits per heavy atom. The fourth-order valence-electron chi connectivity index (χ4n) is 2.20. The number of halogens is 2. The third-order valence-corrected chi connectivity index (χ3v) is 3.55. The molecular formula is C14H15F2NO4. The first-order chi connectivity index (χ1) is 9.82. The minimum absolute atomic E-state index is 0.394. The van der Waals surface area contributed by atoms with Crippen molar-refractivity contribution in [1.82, 2.24) is 5.32 Å². The number of aromatic carboxylic acids is 1. The molecule has 1 saturated heterocycles. The van der Waals surface area contributed by atoms with E-state index in [1.807, 2.05) is 0 Å². The molecule has 2 rings (SSSR count). The van der Waals surface area contributed by atoms with Crippen molar-refractivity contribution < 1.29 is 28.2 Å². The third kappa shape index (κ3) is 3.36. The minimum atomic E-state index is -1.49. The zero-order valence-electron chi connectivity index (χ0n) is 11.4. The van der Waals surface area contributed by atoms with Crippen molar-refractivity contribution in [2.75, 3.05) is 13.2 Å². The zero-order valence-corrected chi connectivity index (χ0v) is 11.4. The van der Waals surface area contributed by atoms with Crippen molar-refractivity contribution in [3.05, 3.63) is 34.9 Å². The summed E-state index contributed by atoms with van der Waals surface area (Å²) < 4.78 is 31.6. The predicted molar refractivity (Wildman–Crippen MR) is 69.2 cm³/mol. The molecule has 1 aromatic carbocycles. The van der Waals surface area contributed by atoms with E-state index >= 15 is 0 Å². The van der Waals surface area contributed by atoms with Crippen molar-refractivity contribution in [3.63, 3.8) is 0 Å². The van der Waals surface area contributed by atoms with E-state index in [1.165, 1.54) is 0 Å². The van der Waals surface area contributed by atoms with E-state index in [4.69, 9.17) is 9.84 Å². The van der Waals surface area contributed by atoms with Gasteiger partial charge in [0.15, 0.2) is 11.6 Å². The minimum Gasteiger partial charge on any atom is -0.478 e. The van der Waals surface area contributed by atoms with Gasteiger partial charge in [-0.05, 0) is 31.9 Å². The predicted octanol–water partition coefficient (Wildman–Crippen LogP) is 1.96. The van der Waals surface area contributed by atoms with Crippen molar-refractivity contribution in [2.45, 2.75) is 25.3 Å². The summed E-state index contributed by atoms with van der Waals surface area (Å²) in [4.78, 5) is 23.3. The van der Waals surface area contributed by atoms with Crippen LogP contribution < -0.4 is 5.32 Å². The van der Waals surface area contributed by atoms with Crippen LogP contribution >= 0.6 is 0 Å². The molecule has 0 saturated carbocycles. The Bertz CT molecular complexity index is 583. The molecule has 1 amide bonds. The molecule has 0 radical (unpaired) electrons. The maximum absolute atomic E-state index is 13.3. The summed E-state index contributed by atoms with van der Waals surface area (Å²) in [5, 5.41) is 11.7. The maximum Gasteiger partial charge on any atom is 0.336 e. The number of hydrogen-bond donors (Lipinski definition) is 2. The second-order valence-electron chi connectivity index (χ2n) is 5.24. The van der Waals surface area contributed by atoms with Crippen molar-refractivity contribution in [3.8, 4) is 0 Å². The number of hydrogen-bond acceptors (Lipinski definition) is 3. The summed E-state index contributed by atoms with van der Waals surface area (Å²) in [7, 11) is 0. The highest BCUT2D eigenvalue weighted by atomic mass is 19.2. The van der Waals surface area contributed by atoms with Crippen LogP contribution in [0, 0.1) is 11.6 Å². The van der Waals surface area contributed by atoms with Crippen LogP contribution in [-0.4, -0.2) is 35.7 Å². The van der Waals surface area contributed by atoms with Crippen LogP contribution in [0.15, 0.2) is 12.1 Å². The van der Waals surface area contributed by atoms with E-state index < -0.39 is 40.2 Å². The lowest BCUT2D eigenvalue weighted by Gasteiger charge is -2.34. The van der Waals surface area contributed by atoms with Gasteiger partial charge < -0.3 is 15.2 Å². The van der Waals surface area contributed by atoms with E-state index in [2.05, 4.69) is 5.32 Å². The molecule has 1 aromatic rings. The molecule has 0 aliphatic carbocycles. The van der Waals surface area contributed by atoms with Gasteiger partial charge in [-0.15, -0.1) is 0 Å². The molecular weight excluding hydrogens is 284 g/mol. The smallest absolute Gasteiger partial charge is 0.336 e. The molecule has 1 heterocycles. The molecule has 1 aliphatic rings. The lowest BCUT2D eigenvalue weighted by atomic mass is 9.91. The first-order valence-corrected chi connectivity index (χ1v) is 6.45. The molecule has 7 heteroatoms. The van der Waals surface area contributed by atoms with Crippen LogP contribution in [0.2, 0.25) is 0 Å². The summed E-state index contributed by atoms with van der Waals surface area (Å²) in [6.07, 6.45) is 1.12.